The van der Waals surface area contributed by atoms with Gasteiger partial charge in [0, 0.05) is 19.7 Å². The zero-order valence-corrected chi connectivity index (χ0v) is 10.2. The van der Waals surface area contributed by atoms with Crippen molar-refractivity contribution in [3.05, 3.63) is 5.82 Å². The van der Waals surface area contributed by atoms with E-state index >= 15 is 0 Å². The molecule has 0 spiro atoms. The lowest BCUT2D eigenvalue weighted by atomic mass is 10.1. The molecule has 0 atom stereocenters. The van der Waals surface area contributed by atoms with Crippen LogP contribution in [0.1, 0.15) is 29.9 Å². The summed E-state index contributed by atoms with van der Waals surface area (Å²) in [7, 11) is 0. The third-order valence-corrected chi connectivity index (χ3v) is 2.97. The second kappa shape index (κ2) is 6.41. The first kappa shape index (κ1) is 12.9. The molecule has 0 aromatic carbocycles. The number of amides is 1. The van der Waals surface area contributed by atoms with Gasteiger partial charge in [0.1, 0.15) is 0 Å². The fourth-order valence-corrected chi connectivity index (χ4v) is 1.95. The van der Waals surface area contributed by atoms with Gasteiger partial charge in [0.15, 0.2) is 0 Å². The van der Waals surface area contributed by atoms with Gasteiger partial charge in [0.25, 0.3) is 11.7 Å². The number of carbonyl (C=O) groups excluding carboxylic acids is 1. The van der Waals surface area contributed by atoms with Crippen molar-refractivity contribution in [3.8, 4) is 0 Å². The van der Waals surface area contributed by atoms with Crippen molar-refractivity contribution in [2.45, 2.75) is 25.4 Å². The number of tetrazole rings is 1. The van der Waals surface area contributed by atoms with Crippen LogP contribution in [-0.4, -0.2) is 63.8 Å². The number of likely N-dealkylation sites (tertiary alicyclic amines) is 1. The zero-order valence-electron chi connectivity index (χ0n) is 10.2. The number of hydrogen-bond donors (Lipinski definition) is 2. The van der Waals surface area contributed by atoms with E-state index in [0.29, 0.717) is 26.2 Å². The number of aromatic nitrogens is 4. The molecule has 8 nitrogen and oxygen atoms in total. The molecule has 8 heteroatoms. The van der Waals surface area contributed by atoms with Crippen LogP contribution in [0.25, 0.3) is 0 Å². The van der Waals surface area contributed by atoms with E-state index in [1.54, 1.807) is 4.90 Å². The lowest BCUT2D eigenvalue weighted by Crippen LogP contribution is -2.41. The number of H-pyrrole nitrogens is 1. The van der Waals surface area contributed by atoms with Gasteiger partial charge in [-0.3, -0.25) is 4.79 Å². The number of carbonyl (C=O) groups is 1. The monoisotopic (exact) mass is 254 g/mol. The number of hydrogen-bond acceptors (Lipinski definition) is 6. The van der Waals surface area contributed by atoms with Crippen LogP contribution in [0.3, 0.4) is 0 Å². The highest BCUT2D eigenvalue weighted by molar-refractivity contribution is 5.90. The average Bonchev–Trinajstić information content (AvgIpc) is 2.93. The molecule has 100 valence electrons. The van der Waals surface area contributed by atoms with Crippen molar-refractivity contribution < 1.29 is 9.53 Å². The summed E-state index contributed by atoms with van der Waals surface area (Å²) in [6, 6.07) is 0. The highest BCUT2D eigenvalue weighted by Gasteiger charge is 2.25. The Hall–Kier alpha value is -1.54. The topological polar surface area (TPSA) is 110 Å². The number of ether oxygens (including phenoxy) is 1. The van der Waals surface area contributed by atoms with Crippen molar-refractivity contribution >= 4 is 5.91 Å². The maximum Gasteiger partial charge on any atom is 0.295 e. The summed E-state index contributed by atoms with van der Waals surface area (Å²) in [5, 5.41) is 13.0. The van der Waals surface area contributed by atoms with Crippen LogP contribution in [0.15, 0.2) is 0 Å². The number of rotatable bonds is 5. The molecule has 2 heterocycles. The summed E-state index contributed by atoms with van der Waals surface area (Å²) >= 11 is 0. The van der Waals surface area contributed by atoms with E-state index in [1.165, 1.54) is 0 Å². The molecule has 1 aromatic heterocycles. The van der Waals surface area contributed by atoms with Crippen LogP contribution >= 0.6 is 0 Å². The molecule has 1 aliphatic rings. The van der Waals surface area contributed by atoms with E-state index in [0.717, 1.165) is 19.3 Å². The lowest BCUT2D eigenvalue weighted by Gasteiger charge is -2.31. The van der Waals surface area contributed by atoms with Crippen molar-refractivity contribution in [1.29, 1.82) is 0 Å². The van der Waals surface area contributed by atoms with Crippen molar-refractivity contribution in [2.24, 2.45) is 5.73 Å². The Morgan fingerprint density at radius 2 is 2.28 bits per heavy atom. The molecule has 1 saturated heterocycles. The van der Waals surface area contributed by atoms with E-state index in [-0.39, 0.29) is 17.8 Å². The maximum absolute atomic E-state index is 11.9. The second-order valence-corrected chi connectivity index (χ2v) is 4.24. The summed E-state index contributed by atoms with van der Waals surface area (Å²) in [5.74, 6) is -0.0540. The van der Waals surface area contributed by atoms with Crippen LogP contribution in [0, 0.1) is 0 Å². The Kier molecular flexibility index (Phi) is 4.59. The molecular weight excluding hydrogens is 236 g/mol. The third kappa shape index (κ3) is 3.23. The predicted octanol–water partition coefficient (Wildman–Crippen LogP) is -0.830. The minimum atomic E-state index is -0.177. The van der Waals surface area contributed by atoms with Gasteiger partial charge in [0.2, 0.25) is 0 Å². The Balaban J connectivity index is 1.75. The lowest BCUT2D eigenvalue weighted by molar-refractivity contribution is 0.00812. The SMILES string of the molecule is NCCCOC1CCN(C(=O)c2nn[nH]n2)CC1. The first-order valence-electron chi connectivity index (χ1n) is 6.15. The van der Waals surface area contributed by atoms with Gasteiger partial charge >= 0.3 is 0 Å². The number of aromatic amines is 1. The normalized spacial score (nSPS) is 17.1. The van der Waals surface area contributed by atoms with Crippen molar-refractivity contribution in [3.63, 3.8) is 0 Å². The molecule has 2 rings (SSSR count). The number of piperidine rings is 1. The fourth-order valence-electron chi connectivity index (χ4n) is 1.95. The minimum Gasteiger partial charge on any atom is -0.378 e. The maximum atomic E-state index is 11.9. The van der Waals surface area contributed by atoms with E-state index in [4.69, 9.17) is 10.5 Å². The first-order valence-corrected chi connectivity index (χ1v) is 6.15. The van der Waals surface area contributed by atoms with Gasteiger partial charge in [0.05, 0.1) is 6.10 Å². The molecule has 3 N–H and O–H groups in total. The third-order valence-electron chi connectivity index (χ3n) is 2.97. The summed E-state index contributed by atoms with van der Waals surface area (Å²) in [4.78, 5) is 13.6. The number of nitrogens with zero attached hydrogens (tertiary/aromatic N) is 4. The largest absolute Gasteiger partial charge is 0.378 e. The Morgan fingerprint density at radius 3 is 2.89 bits per heavy atom. The van der Waals surface area contributed by atoms with Gasteiger partial charge in [-0.15, -0.1) is 10.2 Å². The molecule has 0 bridgehead atoms. The van der Waals surface area contributed by atoms with Crippen LogP contribution in [-0.2, 0) is 4.74 Å². The van der Waals surface area contributed by atoms with Crippen LogP contribution < -0.4 is 5.73 Å². The number of nitrogens with one attached hydrogen (secondary N) is 1. The Labute approximate surface area is 105 Å². The van der Waals surface area contributed by atoms with Gasteiger partial charge in [-0.2, -0.15) is 5.21 Å². The average molecular weight is 254 g/mol. The summed E-state index contributed by atoms with van der Waals surface area (Å²) in [5.41, 5.74) is 5.40. The molecule has 0 aliphatic carbocycles. The Bertz CT molecular complexity index is 360. The predicted molar refractivity (Wildman–Crippen MR) is 62.7 cm³/mol. The quantitative estimate of drug-likeness (QED) is 0.664. The molecular formula is C10H18N6O2. The molecule has 1 fully saturated rings. The number of nitrogens with two attached hydrogens (primary N) is 1. The summed E-state index contributed by atoms with van der Waals surface area (Å²) < 4.78 is 5.67. The van der Waals surface area contributed by atoms with E-state index in [2.05, 4.69) is 20.6 Å². The highest BCUT2D eigenvalue weighted by Crippen LogP contribution is 2.15. The van der Waals surface area contributed by atoms with E-state index < -0.39 is 0 Å². The van der Waals surface area contributed by atoms with Gasteiger partial charge in [-0.1, -0.05) is 0 Å². The Morgan fingerprint density at radius 1 is 1.50 bits per heavy atom. The van der Waals surface area contributed by atoms with Crippen LogP contribution in [0.5, 0.6) is 0 Å². The highest BCUT2D eigenvalue weighted by atomic mass is 16.5. The van der Waals surface area contributed by atoms with Gasteiger partial charge in [-0.25, -0.2) is 0 Å². The standard InChI is InChI=1S/C10H18N6O2/c11-4-1-7-18-8-2-5-16(6-3-8)10(17)9-12-14-15-13-9/h8H,1-7,11H2,(H,12,13,14,15). The summed E-state index contributed by atoms with van der Waals surface area (Å²) in [6.45, 7) is 2.68. The van der Waals surface area contributed by atoms with Crippen LogP contribution in [0.2, 0.25) is 0 Å². The molecule has 0 saturated carbocycles. The van der Waals surface area contributed by atoms with Crippen LogP contribution in [0.4, 0.5) is 0 Å². The zero-order chi connectivity index (χ0) is 12.8. The van der Waals surface area contributed by atoms with Crippen molar-refractivity contribution in [2.75, 3.05) is 26.2 Å². The van der Waals surface area contributed by atoms with E-state index in [9.17, 15) is 4.79 Å². The molecule has 1 aliphatic heterocycles. The molecule has 1 aromatic rings. The smallest absolute Gasteiger partial charge is 0.295 e. The summed E-state index contributed by atoms with van der Waals surface area (Å²) in [6.07, 6.45) is 2.79. The van der Waals surface area contributed by atoms with Gasteiger partial charge < -0.3 is 15.4 Å². The molecule has 1 amide bonds. The van der Waals surface area contributed by atoms with Gasteiger partial charge in [-0.05, 0) is 31.0 Å². The fraction of sp³-hybridized carbons (Fsp3) is 0.800. The second-order valence-electron chi connectivity index (χ2n) is 4.24. The van der Waals surface area contributed by atoms with E-state index in [1.807, 2.05) is 0 Å². The molecule has 18 heavy (non-hydrogen) atoms. The molecule has 0 radical (unpaired) electrons. The van der Waals surface area contributed by atoms with Crippen molar-refractivity contribution in [1.82, 2.24) is 25.5 Å². The minimum absolute atomic E-state index is 0.123. The first-order chi connectivity index (χ1) is 8.81. The molecule has 0 unspecified atom stereocenters.